The van der Waals surface area contributed by atoms with Gasteiger partial charge in [0.25, 0.3) is 0 Å². The molecule has 4 heteroatoms. The first-order valence-electron chi connectivity index (χ1n) is 7.95. The van der Waals surface area contributed by atoms with Crippen molar-refractivity contribution in [3.05, 3.63) is 65.5 Å². The van der Waals surface area contributed by atoms with Crippen LogP contribution >= 0.6 is 12.4 Å². The molecule has 0 aliphatic carbocycles. The average Bonchev–Trinajstić information content (AvgIpc) is 2.55. The van der Waals surface area contributed by atoms with Crippen LogP contribution in [0.1, 0.15) is 24.0 Å². The molecule has 0 atom stereocenters. The lowest BCUT2D eigenvalue weighted by Gasteiger charge is -2.11. The summed E-state index contributed by atoms with van der Waals surface area (Å²) >= 11 is 0. The van der Waals surface area contributed by atoms with Crippen molar-refractivity contribution < 1.29 is 9.13 Å². The Kier molecular flexibility index (Phi) is 9.13. The van der Waals surface area contributed by atoms with Crippen LogP contribution in [0, 0.1) is 5.82 Å². The molecule has 0 spiro atoms. The molecule has 0 aliphatic rings. The zero-order valence-electron chi connectivity index (χ0n) is 14.2. The maximum absolute atomic E-state index is 12.9. The SMILES string of the molecule is CN(C)CCCCOc1ccccc1/C=C/c1ccc(F)cc1.Cl. The van der Waals surface area contributed by atoms with E-state index in [9.17, 15) is 4.39 Å². The van der Waals surface area contributed by atoms with Crippen molar-refractivity contribution in [2.75, 3.05) is 27.2 Å². The van der Waals surface area contributed by atoms with Crippen molar-refractivity contribution in [3.63, 3.8) is 0 Å². The summed E-state index contributed by atoms with van der Waals surface area (Å²) in [6, 6.07) is 14.4. The zero-order chi connectivity index (χ0) is 16.5. The maximum Gasteiger partial charge on any atom is 0.126 e. The molecule has 2 nitrogen and oxygen atoms in total. The van der Waals surface area contributed by atoms with Gasteiger partial charge in [-0.1, -0.05) is 42.5 Å². The number of hydrogen-bond donors (Lipinski definition) is 0. The Morgan fingerprint density at radius 2 is 1.67 bits per heavy atom. The van der Waals surface area contributed by atoms with E-state index in [1.165, 1.54) is 12.1 Å². The maximum atomic E-state index is 12.9. The number of rotatable bonds is 8. The van der Waals surface area contributed by atoms with Crippen LogP contribution in [0.15, 0.2) is 48.5 Å². The first-order valence-corrected chi connectivity index (χ1v) is 7.95. The van der Waals surface area contributed by atoms with Gasteiger partial charge in [-0.05, 0) is 57.2 Å². The highest BCUT2D eigenvalue weighted by Gasteiger charge is 2.00. The van der Waals surface area contributed by atoms with Gasteiger partial charge in [-0.15, -0.1) is 12.4 Å². The van der Waals surface area contributed by atoms with Gasteiger partial charge in [0.1, 0.15) is 11.6 Å². The summed E-state index contributed by atoms with van der Waals surface area (Å²) in [6.07, 6.45) is 6.13. The summed E-state index contributed by atoms with van der Waals surface area (Å²) < 4.78 is 18.8. The van der Waals surface area contributed by atoms with Crippen molar-refractivity contribution >= 4 is 24.6 Å². The second-order valence-corrected chi connectivity index (χ2v) is 5.78. The van der Waals surface area contributed by atoms with Crippen LogP contribution in [-0.4, -0.2) is 32.1 Å². The van der Waals surface area contributed by atoms with Gasteiger partial charge >= 0.3 is 0 Å². The van der Waals surface area contributed by atoms with E-state index in [-0.39, 0.29) is 18.2 Å². The molecule has 0 N–H and O–H groups in total. The van der Waals surface area contributed by atoms with Crippen LogP contribution in [0.5, 0.6) is 5.75 Å². The highest BCUT2D eigenvalue weighted by atomic mass is 35.5. The Bertz CT molecular complexity index is 626. The molecule has 0 heterocycles. The smallest absolute Gasteiger partial charge is 0.126 e. The standard InChI is InChI=1S/C20H24FNO.ClH/c1-22(2)15-5-6-16-23-20-8-4-3-7-18(20)12-9-17-10-13-19(21)14-11-17;/h3-4,7-14H,5-6,15-16H2,1-2H3;1H/b12-9+;. The molecule has 0 aliphatic heterocycles. The van der Waals surface area contributed by atoms with Gasteiger partial charge in [-0.2, -0.15) is 0 Å². The summed E-state index contributed by atoms with van der Waals surface area (Å²) in [5.74, 6) is 0.666. The summed E-state index contributed by atoms with van der Waals surface area (Å²) in [5, 5.41) is 0. The molecule has 0 aromatic heterocycles. The Balaban J connectivity index is 0.00000288. The largest absolute Gasteiger partial charge is 0.493 e. The second kappa shape index (κ2) is 10.8. The number of benzene rings is 2. The van der Waals surface area contributed by atoms with Gasteiger partial charge in [0.05, 0.1) is 6.61 Å². The Morgan fingerprint density at radius 3 is 2.38 bits per heavy atom. The lowest BCUT2D eigenvalue weighted by Crippen LogP contribution is -2.13. The number of unbranched alkanes of at least 4 members (excludes halogenated alkanes) is 1. The third kappa shape index (κ3) is 7.16. The summed E-state index contributed by atoms with van der Waals surface area (Å²) in [4.78, 5) is 2.18. The van der Waals surface area contributed by atoms with E-state index in [0.717, 1.165) is 42.9 Å². The lowest BCUT2D eigenvalue weighted by atomic mass is 10.1. The van der Waals surface area contributed by atoms with E-state index in [0.29, 0.717) is 0 Å². The van der Waals surface area contributed by atoms with Crippen LogP contribution in [-0.2, 0) is 0 Å². The summed E-state index contributed by atoms with van der Waals surface area (Å²) in [5.41, 5.74) is 2.00. The fraction of sp³-hybridized carbons (Fsp3) is 0.300. The van der Waals surface area contributed by atoms with Gasteiger partial charge in [0, 0.05) is 5.56 Å². The Labute approximate surface area is 150 Å². The van der Waals surface area contributed by atoms with Gasteiger partial charge in [-0.3, -0.25) is 0 Å². The minimum atomic E-state index is -0.219. The fourth-order valence-corrected chi connectivity index (χ4v) is 2.22. The number of hydrogen-bond acceptors (Lipinski definition) is 2. The molecule has 0 amide bonds. The van der Waals surface area contributed by atoms with E-state index < -0.39 is 0 Å². The third-order valence-electron chi connectivity index (χ3n) is 3.50. The molecule has 0 saturated heterocycles. The molecule has 2 aromatic carbocycles. The third-order valence-corrected chi connectivity index (χ3v) is 3.50. The van der Waals surface area contributed by atoms with E-state index in [1.807, 2.05) is 36.4 Å². The van der Waals surface area contributed by atoms with E-state index in [4.69, 9.17) is 4.74 Å². The molecule has 24 heavy (non-hydrogen) atoms. The van der Waals surface area contributed by atoms with Crippen LogP contribution in [0.4, 0.5) is 4.39 Å². The molecule has 0 unspecified atom stereocenters. The second-order valence-electron chi connectivity index (χ2n) is 5.78. The Morgan fingerprint density at radius 1 is 0.958 bits per heavy atom. The molecule has 2 aromatic rings. The van der Waals surface area contributed by atoms with Crippen molar-refractivity contribution in [2.24, 2.45) is 0 Å². The number of ether oxygens (including phenoxy) is 1. The quantitative estimate of drug-likeness (QED) is 0.483. The van der Waals surface area contributed by atoms with Crippen molar-refractivity contribution in [2.45, 2.75) is 12.8 Å². The summed E-state index contributed by atoms with van der Waals surface area (Å²) in [6.45, 7) is 1.80. The number of halogens is 2. The predicted octanol–water partition coefficient (Wildman–Crippen LogP) is 5.14. The first kappa shape index (κ1) is 20.2. The minimum Gasteiger partial charge on any atom is -0.493 e. The lowest BCUT2D eigenvalue weighted by molar-refractivity contribution is 0.292. The molecule has 0 fully saturated rings. The molecular formula is C20H25ClFNO. The van der Waals surface area contributed by atoms with E-state index in [2.05, 4.69) is 19.0 Å². The first-order chi connectivity index (χ1) is 11.1. The van der Waals surface area contributed by atoms with Gasteiger partial charge in [0.2, 0.25) is 0 Å². The van der Waals surface area contributed by atoms with Crippen molar-refractivity contribution in [1.29, 1.82) is 0 Å². The zero-order valence-corrected chi connectivity index (χ0v) is 15.1. The Hall–Kier alpha value is -1.84. The van der Waals surface area contributed by atoms with Crippen molar-refractivity contribution in [3.8, 4) is 5.75 Å². The molecule has 0 saturated carbocycles. The topological polar surface area (TPSA) is 12.5 Å². The molecule has 0 bridgehead atoms. The number of nitrogens with zero attached hydrogens (tertiary/aromatic N) is 1. The monoisotopic (exact) mass is 349 g/mol. The van der Waals surface area contributed by atoms with Crippen LogP contribution < -0.4 is 4.74 Å². The highest BCUT2D eigenvalue weighted by Crippen LogP contribution is 2.21. The van der Waals surface area contributed by atoms with E-state index in [1.54, 1.807) is 12.1 Å². The summed E-state index contributed by atoms with van der Waals surface area (Å²) in [7, 11) is 4.16. The molecule has 0 radical (unpaired) electrons. The van der Waals surface area contributed by atoms with Crippen molar-refractivity contribution in [1.82, 2.24) is 4.90 Å². The van der Waals surface area contributed by atoms with Crippen LogP contribution in [0.2, 0.25) is 0 Å². The van der Waals surface area contributed by atoms with Gasteiger partial charge in [-0.25, -0.2) is 4.39 Å². The number of para-hydroxylation sites is 1. The fourth-order valence-electron chi connectivity index (χ4n) is 2.22. The van der Waals surface area contributed by atoms with Crippen LogP contribution in [0.25, 0.3) is 12.2 Å². The molecule has 2 rings (SSSR count). The van der Waals surface area contributed by atoms with Gasteiger partial charge in [0.15, 0.2) is 0 Å². The van der Waals surface area contributed by atoms with Gasteiger partial charge < -0.3 is 9.64 Å². The highest BCUT2D eigenvalue weighted by molar-refractivity contribution is 5.85. The molecular weight excluding hydrogens is 325 g/mol. The van der Waals surface area contributed by atoms with Crippen LogP contribution in [0.3, 0.4) is 0 Å². The molecule has 130 valence electrons. The predicted molar refractivity (Wildman–Crippen MR) is 102 cm³/mol. The average molecular weight is 350 g/mol. The minimum absolute atomic E-state index is 0. The normalized spacial score (nSPS) is 10.8. The van der Waals surface area contributed by atoms with E-state index >= 15 is 0 Å².